The van der Waals surface area contributed by atoms with E-state index in [4.69, 9.17) is 33.0 Å². The maximum Gasteiger partial charge on any atom is 0.303 e. The van der Waals surface area contributed by atoms with E-state index in [1.165, 1.54) is 19.2 Å². The molecule has 110 valence electrons. The number of ether oxygens (including phenoxy) is 1. The third-order valence-corrected chi connectivity index (χ3v) is 3.42. The molecular weight excluding hydrogens is 303 g/mol. The molecule has 0 heterocycles. The van der Waals surface area contributed by atoms with Crippen molar-refractivity contribution in [2.45, 2.75) is 26.7 Å². The van der Waals surface area contributed by atoms with Gasteiger partial charge < -0.3 is 9.84 Å². The van der Waals surface area contributed by atoms with Crippen molar-refractivity contribution in [3.05, 3.63) is 27.7 Å². The van der Waals surface area contributed by atoms with E-state index in [1.54, 1.807) is 13.8 Å². The molecule has 0 saturated heterocycles. The maximum absolute atomic E-state index is 12.2. The Hall–Kier alpha value is -1.26. The number of carboxylic acids is 1. The number of ketones is 1. The lowest BCUT2D eigenvalue weighted by atomic mass is 9.82. The molecule has 20 heavy (non-hydrogen) atoms. The molecule has 0 amide bonds. The second-order valence-corrected chi connectivity index (χ2v) is 6.12. The monoisotopic (exact) mass is 318 g/mol. The Labute approximate surface area is 127 Å². The summed E-state index contributed by atoms with van der Waals surface area (Å²) >= 11 is 12.0. The zero-order valence-electron chi connectivity index (χ0n) is 11.5. The quantitative estimate of drug-likeness (QED) is 0.803. The van der Waals surface area contributed by atoms with Gasteiger partial charge in [-0.05, 0) is 11.5 Å². The first-order valence-corrected chi connectivity index (χ1v) is 6.70. The molecule has 0 aliphatic heterocycles. The van der Waals surface area contributed by atoms with Gasteiger partial charge in [-0.2, -0.15) is 0 Å². The number of rotatable bonds is 6. The van der Waals surface area contributed by atoms with Crippen molar-refractivity contribution in [1.29, 1.82) is 0 Å². The van der Waals surface area contributed by atoms with Gasteiger partial charge in [-0.15, -0.1) is 0 Å². The Morgan fingerprint density at radius 1 is 1.20 bits per heavy atom. The third-order valence-electron chi connectivity index (χ3n) is 2.81. The van der Waals surface area contributed by atoms with Crippen molar-refractivity contribution in [3.8, 4) is 5.75 Å². The van der Waals surface area contributed by atoms with Gasteiger partial charge in [0, 0.05) is 18.1 Å². The summed E-state index contributed by atoms with van der Waals surface area (Å²) in [6.07, 6.45) is -0.0259. The molecule has 0 unspecified atom stereocenters. The number of aliphatic carboxylic acids is 1. The summed E-state index contributed by atoms with van der Waals surface area (Å²) in [6, 6.07) is 2.92. The molecule has 1 aromatic rings. The Kier molecular flexibility index (Phi) is 5.42. The third kappa shape index (κ3) is 4.39. The predicted octanol–water partition coefficient (Wildman–Crippen LogP) is 4.08. The Balaban J connectivity index is 2.98. The number of hydrogen-bond donors (Lipinski definition) is 1. The van der Waals surface area contributed by atoms with Crippen molar-refractivity contribution in [3.63, 3.8) is 0 Å². The van der Waals surface area contributed by atoms with E-state index >= 15 is 0 Å². The Morgan fingerprint density at radius 3 is 2.30 bits per heavy atom. The van der Waals surface area contributed by atoms with Crippen molar-refractivity contribution in [2.24, 2.45) is 5.41 Å². The number of Topliss-reactive ketones (excluding diaryl/α,β-unsaturated/α-hetero) is 1. The first-order valence-electron chi connectivity index (χ1n) is 5.94. The van der Waals surface area contributed by atoms with Crippen LogP contribution < -0.4 is 4.74 Å². The van der Waals surface area contributed by atoms with Gasteiger partial charge in [0.25, 0.3) is 0 Å². The molecule has 0 bridgehead atoms. The van der Waals surface area contributed by atoms with E-state index in [0.717, 1.165) is 0 Å². The first kappa shape index (κ1) is 16.8. The van der Waals surface area contributed by atoms with Gasteiger partial charge in [0.15, 0.2) is 5.78 Å². The van der Waals surface area contributed by atoms with Crippen LogP contribution in [0, 0.1) is 5.41 Å². The molecular formula is C14H16Cl2O4. The van der Waals surface area contributed by atoms with Gasteiger partial charge in [-0.25, -0.2) is 0 Å². The molecule has 0 aromatic heterocycles. The van der Waals surface area contributed by atoms with Crippen LogP contribution >= 0.6 is 23.2 Å². The molecule has 1 aromatic carbocycles. The molecule has 0 radical (unpaired) electrons. The maximum atomic E-state index is 12.2. The van der Waals surface area contributed by atoms with E-state index in [-0.39, 0.29) is 34.2 Å². The number of benzene rings is 1. The van der Waals surface area contributed by atoms with Crippen LogP contribution in [-0.2, 0) is 4.79 Å². The fourth-order valence-corrected chi connectivity index (χ4v) is 2.40. The van der Waals surface area contributed by atoms with Crippen LogP contribution in [0.15, 0.2) is 12.1 Å². The van der Waals surface area contributed by atoms with Crippen LogP contribution in [0.4, 0.5) is 0 Å². The summed E-state index contributed by atoms with van der Waals surface area (Å²) in [6.45, 7) is 3.44. The van der Waals surface area contributed by atoms with Crippen LogP contribution in [0.1, 0.15) is 37.0 Å². The van der Waals surface area contributed by atoms with Crippen molar-refractivity contribution in [1.82, 2.24) is 0 Å². The lowest BCUT2D eigenvalue weighted by Crippen LogP contribution is -2.21. The second kappa shape index (κ2) is 6.46. The number of carbonyl (C=O) groups is 2. The largest absolute Gasteiger partial charge is 0.495 e. The average molecular weight is 319 g/mol. The summed E-state index contributed by atoms with van der Waals surface area (Å²) in [5.41, 5.74) is -0.380. The summed E-state index contributed by atoms with van der Waals surface area (Å²) in [4.78, 5) is 23.0. The molecule has 1 N–H and O–H groups in total. The van der Waals surface area contributed by atoms with Crippen LogP contribution in [0.2, 0.25) is 10.0 Å². The topological polar surface area (TPSA) is 63.6 Å². The van der Waals surface area contributed by atoms with Crippen LogP contribution in [0.3, 0.4) is 0 Å². The zero-order valence-corrected chi connectivity index (χ0v) is 13.0. The predicted molar refractivity (Wildman–Crippen MR) is 78.0 cm³/mol. The second-order valence-electron chi connectivity index (χ2n) is 5.30. The lowest BCUT2D eigenvalue weighted by Gasteiger charge is -2.21. The SMILES string of the molecule is COc1cc(Cl)c(C(=O)CC(C)(C)CC(=O)O)cc1Cl. The van der Waals surface area contributed by atoms with E-state index < -0.39 is 11.4 Å². The zero-order chi connectivity index (χ0) is 15.5. The molecule has 6 heteroatoms. The highest BCUT2D eigenvalue weighted by Crippen LogP contribution is 2.34. The van der Waals surface area contributed by atoms with Gasteiger partial charge in [0.05, 0.1) is 23.6 Å². The van der Waals surface area contributed by atoms with Crippen molar-refractivity contribution in [2.75, 3.05) is 7.11 Å². The molecule has 1 rings (SSSR count). The van der Waals surface area contributed by atoms with Crippen LogP contribution in [0.25, 0.3) is 0 Å². The molecule has 0 spiro atoms. The summed E-state index contributed by atoms with van der Waals surface area (Å²) in [5, 5.41) is 9.35. The van der Waals surface area contributed by atoms with E-state index in [0.29, 0.717) is 5.75 Å². The minimum Gasteiger partial charge on any atom is -0.495 e. The van der Waals surface area contributed by atoms with E-state index in [9.17, 15) is 9.59 Å². The minimum atomic E-state index is -0.943. The highest BCUT2D eigenvalue weighted by atomic mass is 35.5. The highest BCUT2D eigenvalue weighted by molar-refractivity contribution is 6.36. The number of halogens is 2. The number of methoxy groups -OCH3 is 1. The summed E-state index contributed by atoms with van der Waals surface area (Å²) in [7, 11) is 1.45. The molecule has 0 saturated carbocycles. The van der Waals surface area contributed by atoms with Gasteiger partial charge in [0.2, 0.25) is 0 Å². The van der Waals surface area contributed by atoms with E-state index in [2.05, 4.69) is 0 Å². The van der Waals surface area contributed by atoms with E-state index in [1.807, 2.05) is 0 Å². The van der Waals surface area contributed by atoms with Crippen LogP contribution in [0.5, 0.6) is 5.75 Å². The molecule has 0 aliphatic carbocycles. The number of carbonyl (C=O) groups excluding carboxylic acids is 1. The minimum absolute atomic E-state index is 0.0711. The molecule has 0 fully saturated rings. The Bertz CT molecular complexity index is 538. The van der Waals surface area contributed by atoms with Gasteiger partial charge in [0.1, 0.15) is 5.75 Å². The number of carboxylic acid groups (broad SMARTS) is 1. The molecule has 0 atom stereocenters. The molecule has 4 nitrogen and oxygen atoms in total. The fourth-order valence-electron chi connectivity index (χ4n) is 1.90. The fraction of sp³-hybridized carbons (Fsp3) is 0.429. The van der Waals surface area contributed by atoms with Crippen molar-refractivity contribution < 1.29 is 19.4 Å². The number of hydrogen-bond acceptors (Lipinski definition) is 3. The highest BCUT2D eigenvalue weighted by Gasteiger charge is 2.27. The Morgan fingerprint density at radius 2 is 1.80 bits per heavy atom. The summed E-state index contributed by atoms with van der Waals surface area (Å²) in [5.74, 6) is -0.800. The van der Waals surface area contributed by atoms with Gasteiger partial charge in [-0.3, -0.25) is 9.59 Å². The molecule has 0 aliphatic rings. The van der Waals surface area contributed by atoms with Gasteiger partial charge >= 0.3 is 5.97 Å². The summed E-state index contributed by atoms with van der Waals surface area (Å²) < 4.78 is 5.01. The lowest BCUT2D eigenvalue weighted by molar-refractivity contribution is -0.139. The first-order chi connectivity index (χ1) is 9.16. The normalized spacial score (nSPS) is 11.2. The average Bonchev–Trinajstić information content (AvgIpc) is 2.28. The van der Waals surface area contributed by atoms with Crippen molar-refractivity contribution >= 4 is 35.0 Å². The standard InChI is InChI=1S/C14H16Cl2O4/c1-14(2,7-13(18)19)6-11(17)8-4-10(16)12(20-3)5-9(8)15/h4-5H,6-7H2,1-3H3,(H,18,19). The van der Waals surface area contributed by atoms with Gasteiger partial charge in [-0.1, -0.05) is 37.0 Å². The van der Waals surface area contributed by atoms with Crippen LogP contribution in [-0.4, -0.2) is 24.0 Å². The smallest absolute Gasteiger partial charge is 0.303 e.